The van der Waals surface area contributed by atoms with Gasteiger partial charge >= 0.3 is 5.97 Å². The lowest BCUT2D eigenvalue weighted by Gasteiger charge is -2.02. The van der Waals surface area contributed by atoms with Crippen LogP contribution >= 0.6 is 15.9 Å². The van der Waals surface area contributed by atoms with Gasteiger partial charge in [-0.15, -0.1) is 0 Å². The number of carbonyl (C=O) groups excluding carboxylic acids is 1. The van der Waals surface area contributed by atoms with Crippen LogP contribution in [-0.2, 0) is 0 Å². The number of benzene rings is 1. The first-order chi connectivity index (χ1) is 7.91. The number of hydrogen-bond donors (Lipinski definition) is 1. The Labute approximate surface area is 106 Å². The molecule has 4 nitrogen and oxygen atoms in total. The Hall–Kier alpha value is -1.62. The van der Waals surface area contributed by atoms with Gasteiger partial charge in [0.2, 0.25) is 5.91 Å². The zero-order valence-electron chi connectivity index (χ0n) is 9.32. The van der Waals surface area contributed by atoms with Gasteiger partial charge in [-0.1, -0.05) is 15.9 Å². The van der Waals surface area contributed by atoms with Gasteiger partial charge in [0, 0.05) is 23.0 Å². The number of fused-ring (bicyclic) bond motifs is 1. The number of carbonyl (C=O) groups is 2. The van der Waals surface area contributed by atoms with Gasteiger partial charge in [-0.3, -0.25) is 9.36 Å². The predicted molar refractivity (Wildman–Crippen MR) is 67.6 cm³/mol. The quantitative estimate of drug-likeness (QED) is 0.879. The van der Waals surface area contributed by atoms with Crippen LogP contribution in [0.15, 0.2) is 22.8 Å². The highest BCUT2D eigenvalue weighted by Crippen LogP contribution is 2.28. The third-order valence-electron chi connectivity index (χ3n) is 2.65. The van der Waals surface area contributed by atoms with Crippen LogP contribution in [0.25, 0.3) is 10.9 Å². The van der Waals surface area contributed by atoms with Crippen molar-refractivity contribution in [2.45, 2.75) is 13.8 Å². The van der Waals surface area contributed by atoms with Crippen molar-refractivity contribution in [3.8, 4) is 0 Å². The van der Waals surface area contributed by atoms with Crippen molar-refractivity contribution in [3.05, 3.63) is 33.9 Å². The fourth-order valence-corrected chi connectivity index (χ4v) is 2.12. The van der Waals surface area contributed by atoms with Crippen molar-refractivity contribution in [3.63, 3.8) is 0 Å². The summed E-state index contributed by atoms with van der Waals surface area (Å²) in [5.74, 6) is -1.24. The van der Waals surface area contributed by atoms with E-state index in [9.17, 15) is 9.59 Å². The lowest BCUT2D eigenvalue weighted by molar-refractivity contribution is 0.0699. The molecule has 1 heterocycles. The molecule has 5 heteroatoms. The molecule has 17 heavy (non-hydrogen) atoms. The van der Waals surface area contributed by atoms with Crippen LogP contribution < -0.4 is 0 Å². The smallest absolute Gasteiger partial charge is 0.337 e. The number of aromatic nitrogens is 1. The Balaban J connectivity index is 2.91. The van der Waals surface area contributed by atoms with Gasteiger partial charge in [-0.25, -0.2) is 4.79 Å². The number of aromatic carboxylic acids is 1. The molecule has 88 valence electrons. The fraction of sp³-hybridized carbons (Fsp3) is 0.167. The molecule has 0 bridgehead atoms. The van der Waals surface area contributed by atoms with Crippen LogP contribution in [0, 0.1) is 6.92 Å². The molecule has 1 N–H and O–H groups in total. The van der Waals surface area contributed by atoms with Gasteiger partial charge in [0.05, 0.1) is 11.1 Å². The predicted octanol–water partition coefficient (Wildman–Crippen LogP) is 3.07. The van der Waals surface area contributed by atoms with Gasteiger partial charge < -0.3 is 5.11 Å². The fourth-order valence-electron chi connectivity index (χ4n) is 1.79. The van der Waals surface area contributed by atoms with E-state index in [2.05, 4.69) is 15.9 Å². The second-order valence-electron chi connectivity index (χ2n) is 3.86. The topological polar surface area (TPSA) is 59.3 Å². The minimum absolute atomic E-state index is 0.144. The SMILES string of the molecule is CC(=O)n1cc(C(=O)O)c2cc(C)c(Br)cc21. The molecule has 0 saturated heterocycles. The summed E-state index contributed by atoms with van der Waals surface area (Å²) in [4.78, 5) is 22.6. The highest BCUT2D eigenvalue weighted by atomic mass is 79.9. The lowest BCUT2D eigenvalue weighted by atomic mass is 10.1. The van der Waals surface area contributed by atoms with Crippen molar-refractivity contribution in [2.24, 2.45) is 0 Å². The Bertz CT molecular complexity index is 589. The minimum atomic E-state index is -1.03. The van der Waals surface area contributed by atoms with E-state index in [4.69, 9.17) is 5.11 Å². The van der Waals surface area contributed by atoms with Crippen molar-refractivity contribution >= 4 is 38.7 Å². The molecule has 0 radical (unpaired) electrons. The Morgan fingerprint density at radius 3 is 2.53 bits per heavy atom. The molecule has 0 amide bonds. The summed E-state index contributed by atoms with van der Waals surface area (Å²) in [5.41, 5.74) is 1.68. The second kappa shape index (κ2) is 4.00. The van der Waals surface area contributed by atoms with Gasteiger partial charge in [0.1, 0.15) is 0 Å². The van der Waals surface area contributed by atoms with Gasteiger partial charge in [0.15, 0.2) is 0 Å². The van der Waals surface area contributed by atoms with E-state index in [0.717, 1.165) is 10.0 Å². The molecular weight excluding hydrogens is 286 g/mol. The summed E-state index contributed by atoms with van der Waals surface area (Å²) >= 11 is 3.37. The molecule has 2 aromatic rings. The minimum Gasteiger partial charge on any atom is -0.478 e. The molecular formula is C12H10BrNO3. The van der Waals surface area contributed by atoms with Crippen molar-refractivity contribution in [1.29, 1.82) is 0 Å². The maximum atomic E-state index is 11.4. The van der Waals surface area contributed by atoms with Crippen LogP contribution in [0.2, 0.25) is 0 Å². The third kappa shape index (κ3) is 1.86. The average molecular weight is 296 g/mol. The van der Waals surface area contributed by atoms with Gasteiger partial charge in [-0.2, -0.15) is 0 Å². The highest BCUT2D eigenvalue weighted by Gasteiger charge is 2.17. The van der Waals surface area contributed by atoms with Gasteiger partial charge in [-0.05, 0) is 24.6 Å². The van der Waals surface area contributed by atoms with E-state index in [0.29, 0.717) is 10.9 Å². The normalized spacial score (nSPS) is 10.8. The van der Waals surface area contributed by atoms with Crippen LogP contribution in [0.3, 0.4) is 0 Å². The summed E-state index contributed by atoms with van der Waals surface area (Å²) in [6.45, 7) is 3.28. The molecule has 0 aliphatic carbocycles. The zero-order valence-corrected chi connectivity index (χ0v) is 10.9. The van der Waals surface area contributed by atoms with Crippen molar-refractivity contribution in [1.82, 2.24) is 4.57 Å². The lowest BCUT2D eigenvalue weighted by Crippen LogP contribution is -2.03. The Morgan fingerprint density at radius 1 is 1.35 bits per heavy atom. The number of halogens is 1. The molecule has 0 atom stereocenters. The first-order valence-corrected chi connectivity index (χ1v) is 5.76. The van der Waals surface area contributed by atoms with Crippen LogP contribution in [-0.4, -0.2) is 21.6 Å². The molecule has 1 aromatic carbocycles. The number of rotatable bonds is 1. The van der Waals surface area contributed by atoms with Crippen LogP contribution in [0.4, 0.5) is 0 Å². The highest BCUT2D eigenvalue weighted by molar-refractivity contribution is 9.10. The number of carboxylic acid groups (broad SMARTS) is 1. The third-order valence-corrected chi connectivity index (χ3v) is 3.51. The number of carboxylic acids is 1. The van der Waals surface area contributed by atoms with Crippen molar-refractivity contribution in [2.75, 3.05) is 0 Å². The largest absolute Gasteiger partial charge is 0.478 e. The standard InChI is InChI=1S/C12H10BrNO3/c1-6-3-8-9(12(16)17)5-14(7(2)15)11(8)4-10(6)13/h3-5H,1-2H3,(H,16,17). The number of hydrogen-bond acceptors (Lipinski definition) is 2. The van der Waals surface area contributed by atoms with Crippen molar-refractivity contribution < 1.29 is 14.7 Å². The molecule has 0 aliphatic heterocycles. The second-order valence-corrected chi connectivity index (χ2v) is 4.71. The maximum absolute atomic E-state index is 11.4. The molecule has 0 saturated carbocycles. The first-order valence-electron chi connectivity index (χ1n) is 4.97. The van der Waals surface area contributed by atoms with Crippen LogP contribution in [0.5, 0.6) is 0 Å². The zero-order chi connectivity index (χ0) is 12.7. The average Bonchev–Trinajstić information content (AvgIpc) is 2.57. The number of nitrogens with zero attached hydrogens (tertiary/aromatic N) is 1. The first kappa shape index (κ1) is 11.9. The van der Waals surface area contributed by atoms with Crippen LogP contribution in [0.1, 0.15) is 27.6 Å². The van der Waals surface area contributed by atoms with E-state index in [1.54, 1.807) is 12.1 Å². The number of aryl methyl sites for hydroxylation is 1. The van der Waals surface area contributed by atoms with E-state index in [1.807, 2.05) is 6.92 Å². The maximum Gasteiger partial charge on any atom is 0.337 e. The van der Waals surface area contributed by atoms with Gasteiger partial charge in [0.25, 0.3) is 0 Å². The monoisotopic (exact) mass is 295 g/mol. The summed E-state index contributed by atoms with van der Waals surface area (Å²) in [6.07, 6.45) is 1.36. The molecule has 1 aromatic heterocycles. The van der Waals surface area contributed by atoms with E-state index in [-0.39, 0.29) is 11.5 Å². The Kier molecular flexibility index (Phi) is 2.79. The van der Waals surface area contributed by atoms with E-state index >= 15 is 0 Å². The summed E-state index contributed by atoms with van der Waals surface area (Å²) in [5, 5.41) is 9.68. The molecule has 0 aliphatic rings. The van der Waals surface area contributed by atoms with E-state index < -0.39 is 5.97 Å². The van der Waals surface area contributed by atoms with E-state index in [1.165, 1.54) is 17.7 Å². The summed E-state index contributed by atoms with van der Waals surface area (Å²) < 4.78 is 2.20. The molecule has 2 rings (SSSR count). The summed E-state index contributed by atoms with van der Waals surface area (Å²) in [6, 6.07) is 3.53. The summed E-state index contributed by atoms with van der Waals surface area (Å²) in [7, 11) is 0. The molecule has 0 fully saturated rings. The molecule has 0 spiro atoms. The molecule has 0 unspecified atom stereocenters. The Morgan fingerprint density at radius 2 is 2.00 bits per heavy atom.